The zero-order valence-electron chi connectivity index (χ0n) is 12.7. The highest BCUT2D eigenvalue weighted by molar-refractivity contribution is 5.94. The van der Waals surface area contributed by atoms with Gasteiger partial charge in [0.05, 0.1) is 17.2 Å². The Hall–Kier alpha value is -2.76. The molecule has 0 aromatic heterocycles. The van der Waals surface area contributed by atoms with Crippen molar-refractivity contribution in [2.45, 2.75) is 25.6 Å². The topological polar surface area (TPSA) is 94.0 Å². The Kier molecular flexibility index (Phi) is 4.97. The number of alkyl halides is 3. The lowest BCUT2D eigenvalue weighted by atomic mass is 9.94. The third-order valence-electron chi connectivity index (χ3n) is 3.74. The first-order chi connectivity index (χ1) is 11.2. The lowest BCUT2D eigenvalue weighted by molar-refractivity contribution is -0.137. The van der Waals surface area contributed by atoms with E-state index in [9.17, 15) is 22.8 Å². The van der Waals surface area contributed by atoms with Crippen LogP contribution in [0.5, 0.6) is 0 Å². The van der Waals surface area contributed by atoms with Crippen molar-refractivity contribution < 1.29 is 22.8 Å². The van der Waals surface area contributed by atoms with E-state index in [0.29, 0.717) is 19.0 Å². The normalized spacial score (nSPS) is 20.7. The molecule has 6 nitrogen and oxygen atoms in total. The van der Waals surface area contributed by atoms with E-state index in [1.807, 2.05) is 0 Å². The lowest BCUT2D eigenvalue weighted by Gasteiger charge is -2.29. The van der Waals surface area contributed by atoms with Gasteiger partial charge in [0.2, 0.25) is 5.91 Å². The minimum absolute atomic E-state index is 0.0869. The Morgan fingerprint density at radius 2 is 2.12 bits per heavy atom. The van der Waals surface area contributed by atoms with Gasteiger partial charge in [0.25, 0.3) is 0 Å². The van der Waals surface area contributed by atoms with E-state index in [2.05, 4.69) is 16.0 Å². The molecular weight excluding hydrogens is 325 g/mol. The predicted molar refractivity (Wildman–Crippen MR) is 78.9 cm³/mol. The fourth-order valence-corrected chi connectivity index (χ4v) is 2.43. The monoisotopic (exact) mass is 340 g/mol. The number of anilines is 1. The molecule has 2 atom stereocenters. The van der Waals surface area contributed by atoms with E-state index < -0.39 is 29.4 Å². The Bertz CT molecular complexity index is 697. The molecule has 128 valence electrons. The predicted octanol–water partition coefficient (Wildman–Crippen LogP) is 2.22. The van der Waals surface area contributed by atoms with Crippen LogP contribution in [0.25, 0.3) is 0 Å². The van der Waals surface area contributed by atoms with Crippen molar-refractivity contribution in [2.75, 3.05) is 11.9 Å². The lowest BCUT2D eigenvalue weighted by Crippen LogP contribution is -2.55. The maximum Gasteiger partial charge on any atom is 0.417 e. The minimum atomic E-state index is -4.71. The van der Waals surface area contributed by atoms with Gasteiger partial charge in [-0.25, -0.2) is 4.79 Å². The highest BCUT2D eigenvalue weighted by Gasteiger charge is 2.34. The standard InChI is InChI=1S/C15H15F3N4O2/c1-8-4-5-20-13(23)12(8)22-14(24)21-10-3-2-9(7-19)11(6-10)15(16,17)18/h2-3,6,8,12H,4-5H2,1H3,(H,20,23)(H2,21,22,24)/t8-,12+/m0/s1. The van der Waals surface area contributed by atoms with Crippen LogP contribution in [0.4, 0.5) is 23.7 Å². The maximum atomic E-state index is 12.9. The molecule has 9 heteroatoms. The molecule has 3 N–H and O–H groups in total. The number of hydrogen-bond donors (Lipinski definition) is 3. The van der Waals surface area contributed by atoms with Crippen molar-refractivity contribution in [3.05, 3.63) is 29.3 Å². The van der Waals surface area contributed by atoms with E-state index in [-0.39, 0.29) is 17.5 Å². The molecule has 1 fully saturated rings. The Morgan fingerprint density at radius 1 is 1.42 bits per heavy atom. The molecule has 0 spiro atoms. The van der Waals surface area contributed by atoms with Crippen molar-refractivity contribution >= 4 is 17.6 Å². The molecule has 2 rings (SSSR count). The first-order valence-corrected chi connectivity index (χ1v) is 7.19. The van der Waals surface area contributed by atoms with Crippen LogP contribution in [0.2, 0.25) is 0 Å². The fraction of sp³-hybridized carbons (Fsp3) is 0.400. The Morgan fingerprint density at radius 3 is 2.71 bits per heavy atom. The first-order valence-electron chi connectivity index (χ1n) is 7.19. The molecule has 1 saturated heterocycles. The summed E-state index contributed by atoms with van der Waals surface area (Å²) < 4.78 is 38.7. The van der Waals surface area contributed by atoms with Gasteiger partial charge in [0.15, 0.2) is 0 Å². The molecule has 1 aliphatic rings. The van der Waals surface area contributed by atoms with Gasteiger partial charge in [0.1, 0.15) is 6.04 Å². The zero-order valence-corrected chi connectivity index (χ0v) is 12.7. The van der Waals surface area contributed by atoms with Crippen molar-refractivity contribution in [1.29, 1.82) is 5.26 Å². The van der Waals surface area contributed by atoms with E-state index in [1.165, 1.54) is 12.1 Å². The van der Waals surface area contributed by atoms with Gasteiger partial charge in [-0.2, -0.15) is 18.4 Å². The second kappa shape index (κ2) is 6.78. The van der Waals surface area contributed by atoms with Gasteiger partial charge in [-0.15, -0.1) is 0 Å². The Balaban J connectivity index is 2.12. The molecule has 1 aromatic rings. The maximum absolute atomic E-state index is 12.9. The van der Waals surface area contributed by atoms with Crippen molar-refractivity contribution in [3.63, 3.8) is 0 Å². The summed E-state index contributed by atoms with van der Waals surface area (Å²) in [5, 5.41) is 16.0. The van der Waals surface area contributed by atoms with E-state index in [0.717, 1.165) is 6.07 Å². The molecule has 0 radical (unpaired) electrons. The number of rotatable bonds is 2. The summed E-state index contributed by atoms with van der Waals surface area (Å²) in [6.07, 6.45) is -4.03. The number of nitrogens with zero attached hydrogens (tertiary/aromatic N) is 1. The van der Waals surface area contributed by atoms with E-state index in [1.54, 1.807) is 6.92 Å². The van der Waals surface area contributed by atoms with Crippen molar-refractivity contribution in [3.8, 4) is 6.07 Å². The molecule has 0 bridgehead atoms. The number of carbonyl (C=O) groups excluding carboxylic acids is 2. The summed E-state index contributed by atoms with van der Waals surface area (Å²) in [5.74, 6) is -0.420. The van der Waals surface area contributed by atoms with Crippen LogP contribution in [0.1, 0.15) is 24.5 Å². The first kappa shape index (κ1) is 17.6. The van der Waals surface area contributed by atoms with Gasteiger partial charge in [-0.3, -0.25) is 4.79 Å². The Labute approximate surface area is 136 Å². The van der Waals surface area contributed by atoms with Crippen LogP contribution in [-0.2, 0) is 11.0 Å². The van der Waals surface area contributed by atoms with Crippen LogP contribution in [0.3, 0.4) is 0 Å². The molecule has 0 aliphatic carbocycles. The number of hydrogen-bond acceptors (Lipinski definition) is 3. The average Bonchev–Trinajstić information content (AvgIpc) is 2.50. The minimum Gasteiger partial charge on any atom is -0.354 e. The molecule has 1 heterocycles. The van der Waals surface area contributed by atoms with Crippen LogP contribution in [0.15, 0.2) is 18.2 Å². The fourth-order valence-electron chi connectivity index (χ4n) is 2.43. The van der Waals surface area contributed by atoms with Gasteiger partial charge < -0.3 is 16.0 Å². The highest BCUT2D eigenvalue weighted by atomic mass is 19.4. The molecule has 1 aliphatic heterocycles. The molecule has 3 amide bonds. The summed E-state index contributed by atoms with van der Waals surface area (Å²) in [5.41, 5.74) is -1.79. The van der Waals surface area contributed by atoms with Gasteiger partial charge in [0, 0.05) is 12.2 Å². The van der Waals surface area contributed by atoms with Crippen LogP contribution >= 0.6 is 0 Å². The summed E-state index contributed by atoms with van der Waals surface area (Å²) in [7, 11) is 0. The molecule has 1 aromatic carbocycles. The molecular formula is C15H15F3N4O2. The second-order valence-corrected chi connectivity index (χ2v) is 5.50. The summed E-state index contributed by atoms with van der Waals surface area (Å²) in [4.78, 5) is 23.7. The van der Waals surface area contributed by atoms with Crippen LogP contribution in [0, 0.1) is 17.2 Å². The number of urea groups is 1. The number of nitrogens with one attached hydrogen (secondary N) is 3. The largest absolute Gasteiger partial charge is 0.417 e. The third kappa shape index (κ3) is 3.95. The third-order valence-corrected chi connectivity index (χ3v) is 3.74. The number of nitriles is 1. The summed E-state index contributed by atoms with van der Waals surface area (Å²) in [6.45, 7) is 2.32. The number of carbonyl (C=O) groups is 2. The summed E-state index contributed by atoms with van der Waals surface area (Å²) >= 11 is 0. The summed E-state index contributed by atoms with van der Waals surface area (Å²) in [6, 6.07) is 2.77. The van der Waals surface area contributed by atoms with Crippen molar-refractivity contribution in [2.24, 2.45) is 5.92 Å². The quantitative estimate of drug-likeness (QED) is 0.770. The average molecular weight is 340 g/mol. The van der Waals surface area contributed by atoms with Gasteiger partial charge in [-0.05, 0) is 30.5 Å². The van der Waals surface area contributed by atoms with E-state index in [4.69, 9.17) is 5.26 Å². The number of halogens is 3. The van der Waals surface area contributed by atoms with Crippen LogP contribution in [-0.4, -0.2) is 24.5 Å². The molecule has 0 unspecified atom stereocenters. The van der Waals surface area contributed by atoms with Crippen LogP contribution < -0.4 is 16.0 Å². The van der Waals surface area contributed by atoms with E-state index >= 15 is 0 Å². The zero-order chi connectivity index (χ0) is 17.9. The highest BCUT2D eigenvalue weighted by Crippen LogP contribution is 2.33. The van der Waals surface area contributed by atoms with Gasteiger partial charge in [-0.1, -0.05) is 6.92 Å². The number of benzene rings is 1. The van der Waals surface area contributed by atoms with Gasteiger partial charge >= 0.3 is 12.2 Å². The SMILES string of the molecule is C[C@H]1CCNC(=O)[C@@H]1NC(=O)Nc1ccc(C#N)c(C(F)(F)F)c1. The molecule has 0 saturated carbocycles. The molecule has 24 heavy (non-hydrogen) atoms. The second-order valence-electron chi connectivity index (χ2n) is 5.50. The number of piperidine rings is 1. The van der Waals surface area contributed by atoms with Crippen molar-refractivity contribution in [1.82, 2.24) is 10.6 Å². The number of amides is 3. The smallest absolute Gasteiger partial charge is 0.354 e.